The van der Waals surface area contributed by atoms with E-state index in [1.54, 1.807) is 6.20 Å². The van der Waals surface area contributed by atoms with Crippen molar-refractivity contribution in [1.29, 1.82) is 0 Å². The van der Waals surface area contributed by atoms with Crippen LogP contribution in [0.3, 0.4) is 0 Å². The van der Waals surface area contributed by atoms with Gasteiger partial charge in [0.25, 0.3) is 0 Å². The normalized spacial score (nSPS) is 16.8. The molecule has 1 aliphatic heterocycles. The van der Waals surface area contributed by atoms with Crippen LogP contribution in [-0.4, -0.2) is 33.7 Å². The van der Waals surface area contributed by atoms with Crippen LogP contribution >= 0.6 is 0 Å². The van der Waals surface area contributed by atoms with Gasteiger partial charge in [-0.3, -0.25) is 0 Å². The Labute approximate surface area is 100 Å². The minimum atomic E-state index is 0.282. The molecule has 3 rings (SSSR count). The zero-order valence-corrected chi connectivity index (χ0v) is 10.2. The molecule has 0 spiro atoms. The van der Waals surface area contributed by atoms with E-state index in [-0.39, 0.29) is 6.04 Å². The summed E-state index contributed by atoms with van der Waals surface area (Å²) in [5.41, 5.74) is 7.99. The first kappa shape index (κ1) is 10.5. The van der Waals surface area contributed by atoms with Gasteiger partial charge in [-0.15, -0.1) is 0 Å². The SMILES string of the molecule is CC(C)c1cc2c(N3CC(N)C3)nccn2n1. The van der Waals surface area contributed by atoms with Crippen molar-refractivity contribution in [2.24, 2.45) is 5.73 Å². The zero-order chi connectivity index (χ0) is 12.0. The first-order valence-electron chi connectivity index (χ1n) is 6.00. The first-order chi connectivity index (χ1) is 8.15. The van der Waals surface area contributed by atoms with Gasteiger partial charge in [0, 0.05) is 31.5 Å². The van der Waals surface area contributed by atoms with Crippen LogP contribution in [0.1, 0.15) is 25.5 Å². The summed E-state index contributed by atoms with van der Waals surface area (Å²) in [6.07, 6.45) is 3.69. The van der Waals surface area contributed by atoms with Crippen molar-refractivity contribution in [1.82, 2.24) is 14.6 Å². The molecular weight excluding hydrogens is 214 g/mol. The molecule has 1 fully saturated rings. The molecule has 2 N–H and O–H groups in total. The van der Waals surface area contributed by atoms with Crippen LogP contribution in [0.4, 0.5) is 5.82 Å². The predicted octanol–water partition coefficient (Wildman–Crippen LogP) is 1.000. The standard InChI is InChI=1S/C12H17N5/c1-8(2)10-5-11-12(16-6-9(13)7-16)14-3-4-17(11)15-10/h3-5,8-9H,6-7,13H2,1-2H3. The van der Waals surface area contributed by atoms with Gasteiger partial charge in [-0.05, 0) is 12.0 Å². The van der Waals surface area contributed by atoms with E-state index >= 15 is 0 Å². The molecular formula is C12H17N5. The molecule has 0 saturated carbocycles. The van der Waals surface area contributed by atoms with Crippen LogP contribution < -0.4 is 10.6 Å². The maximum absolute atomic E-state index is 5.81. The van der Waals surface area contributed by atoms with Gasteiger partial charge in [-0.2, -0.15) is 5.10 Å². The van der Waals surface area contributed by atoms with Gasteiger partial charge >= 0.3 is 0 Å². The topological polar surface area (TPSA) is 59.5 Å². The van der Waals surface area contributed by atoms with E-state index in [0.717, 1.165) is 30.1 Å². The molecule has 0 radical (unpaired) electrons. The number of anilines is 1. The lowest BCUT2D eigenvalue weighted by Crippen LogP contribution is -2.56. The van der Waals surface area contributed by atoms with Gasteiger partial charge in [-0.25, -0.2) is 9.50 Å². The summed E-state index contributed by atoms with van der Waals surface area (Å²) in [5, 5.41) is 4.55. The fourth-order valence-electron chi connectivity index (χ4n) is 2.14. The molecule has 5 heteroatoms. The number of hydrogen-bond acceptors (Lipinski definition) is 4. The van der Waals surface area contributed by atoms with Crippen LogP contribution in [0.2, 0.25) is 0 Å². The molecule has 17 heavy (non-hydrogen) atoms. The molecule has 0 atom stereocenters. The van der Waals surface area contributed by atoms with Gasteiger partial charge in [0.15, 0.2) is 5.82 Å². The van der Waals surface area contributed by atoms with Crippen molar-refractivity contribution < 1.29 is 0 Å². The van der Waals surface area contributed by atoms with Gasteiger partial charge in [0.1, 0.15) is 5.52 Å². The molecule has 0 aromatic carbocycles. The lowest BCUT2D eigenvalue weighted by molar-refractivity contribution is 0.515. The summed E-state index contributed by atoms with van der Waals surface area (Å²) in [4.78, 5) is 6.65. The molecule has 2 aromatic rings. The second-order valence-corrected chi connectivity index (χ2v) is 4.97. The minimum absolute atomic E-state index is 0.282. The van der Waals surface area contributed by atoms with Gasteiger partial charge in [0.2, 0.25) is 0 Å². The van der Waals surface area contributed by atoms with Gasteiger partial charge in [-0.1, -0.05) is 13.8 Å². The summed E-state index contributed by atoms with van der Waals surface area (Å²) in [6.45, 7) is 6.06. The molecule has 0 unspecified atom stereocenters. The average Bonchev–Trinajstić information content (AvgIpc) is 2.68. The maximum atomic E-state index is 5.81. The molecule has 5 nitrogen and oxygen atoms in total. The van der Waals surface area contributed by atoms with Crippen LogP contribution in [0.25, 0.3) is 5.52 Å². The number of hydrogen-bond donors (Lipinski definition) is 1. The Morgan fingerprint density at radius 2 is 2.18 bits per heavy atom. The average molecular weight is 231 g/mol. The highest BCUT2D eigenvalue weighted by Crippen LogP contribution is 2.25. The third kappa shape index (κ3) is 1.67. The number of nitrogens with two attached hydrogens (primary N) is 1. The van der Waals surface area contributed by atoms with Crippen LogP contribution in [0, 0.1) is 0 Å². The fourth-order valence-corrected chi connectivity index (χ4v) is 2.14. The number of rotatable bonds is 2. The Balaban J connectivity index is 2.06. The lowest BCUT2D eigenvalue weighted by Gasteiger charge is -2.37. The van der Waals surface area contributed by atoms with Crippen molar-refractivity contribution in [3.8, 4) is 0 Å². The third-order valence-electron chi connectivity index (χ3n) is 3.19. The van der Waals surface area contributed by atoms with Crippen molar-refractivity contribution in [2.45, 2.75) is 25.8 Å². The number of aromatic nitrogens is 3. The van der Waals surface area contributed by atoms with Gasteiger partial charge in [0.05, 0.1) is 5.69 Å². The highest BCUT2D eigenvalue weighted by atomic mass is 15.3. The Morgan fingerprint density at radius 3 is 2.82 bits per heavy atom. The second kappa shape index (κ2) is 3.70. The van der Waals surface area contributed by atoms with E-state index in [4.69, 9.17) is 5.73 Å². The van der Waals surface area contributed by atoms with E-state index in [1.807, 2.05) is 10.7 Å². The highest BCUT2D eigenvalue weighted by Gasteiger charge is 2.26. The Bertz CT molecular complexity index is 539. The fraction of sp³-hybridized carbons (Fsp3) is 0.500. The zero-order valence-electron chi connectivity index (χ0n) is 10.2. The third-order valence-corrected chi connectivity index (χ3v) is 3.19. The number of fused-ring (bicyclic) bond motifs is 1. The molecule has 90 valence electrons. The smallest absolute Gasteiger partial charge is 0.154 e. The summed E-state index contributed by atoms with van der Waals surface area (Å²) in [6, 6.07) is 2.40. The molecule has 3 heterocycles. The van der Waals surface area contributed by atoms with E-state index in [0.29, 0.717) is 5.92 Å². The Hall–Kier alpha value is -1.62. The highest BCUT2D eigenvalue weighted by molar-refractivity contribution is 5.70. The van der Waals surface area contributed by atoms with Crippen LogP contribution in [-0.2, 0) is 0 Å². The van der Waals surface area contributed by atoms with E-state index in [9.17, 15) is 0 Å². The largest absolute Gasteiger partial charge is 0.352 e. The van der Waals surface area contributed by atoms with Gasteiger partial charge < -0.3 is 10.6 Å². The summed E-state index contributed by atoms with van der Waals surface area (Å²) in [7, 11) is 0. The summed E-state index contributed by atoms with van der Waals surface area (Å²) >= 11 is 0. The van der Waals surface area contributed by atoms with Crippen LogP contribution in [0.15, 0.2) is 18.5 Å². The van der Waals surface area contributed by atoms with E-state index in [1.165, 1.54) is 0 Å². The maximum Gasteiger partial charge on any atom is 0.154 e. The van der Waals surface area contributed by atoms with Crippen molar-refractivity contribution in [2.75, 3.05) is 18.0 Å². The molecule has 2 aromatic heterocycles. The van der Waals surface area contributed by atoms with E-state index < -0.39 is 0 Å². The minimum Gasteiger partial charge on any atom is -0.352 e. The molecule has 0 amide bonds. The van der Waals surface area contributed by atoms with Crippen molar-refractivity contribution >= 4 is 11.3 Å². The number of nitrogens with zero attached hydrogens (tertiary/aromatic N) is 4. The van der Waals surface area contributed by atoms with E-state index in [2.05, 4.69) is 34.9 Å². The summed E-state index contributed by atoms with van der Waals surface area (Å²) in [5.74, 6) is 1.43. The lowest BCUT2D eigenvalue weighted by atomic mass is 10.1. The molecule has 1 aliphatic rings. The quantitative estimate of drug-likeness (QED) is 0.837. The Morgan fingerprint density at radius 1 is 1.41 bits per heavy atom. The first-order valence-corrected chi connectivity index (χ1v) is 6.00. The van der Waals surface area contributed by atoms with Crippen molar-refractivity contribution in [3.05, 3.63) is 24.2 Å². The molecule has 0 aliphatic carbocycles. The second-order valence-electron chi connectivity index (χ2n) is 4.97. The molecule has 0 bridgehead atoms. The van der Waals surface area contributed by atoms with Crippen molar-refractivity contribution in [3.63, 3.8) is 0 Å². The van der Waals surface area contributed by atoms with Crippen LogP contribution in [0.5, 0.6) is 0 Å². The summed E-state index contributed by atoms with van der Waals surface area (Å²) < 4.78 is 1.90. The molecule has 1 saturated heterocycles. The Kier molecular flexibility index (Phi) is 2.29. The predicted molar refractivity (Wildman–Crippen MR) is 67.3 cm³/mol. The monoisotopic (exact) mass is 231 g/mol.